The molecule has 1 saturated carbocycles. The van der Waals surface area contributed by atoms with Crippen molar-refractivity contribution in [3.63, 3.8) is 0 Å². The zero-order valence-corrected chi connectivity index (χ0v) is 13.0. The van der Waals surface area contributed by atoms with Gasteiger partial charge in [-0.2, -0.15) is 0 Å². The molecule has 5 heteroatoms. The predicted molar refractivity (Wildman–Crippen MR) is 76.4 cm³/mol. The van der Waals surface area contributed by atoms with Gasteiger partial charge in [0.1, 0.15) is 11.8 Å². The van der Waals surface area contributed by atoms with Gasteiger partial charge in [0.15, 0.2) is 0 Å². The molecular weight excluding hydrogens is 259 g/mol. The van der Waals surface area contributed by atoms with Crippen LogP contribution in [0.3, 0.4) is 0 Å². The van der Waals surface area contributed by atoms with Crippen LogP contribution in [0.1, 0.15) is 47.0 Å². The maximum absolute atomic E-state index is 14.5. The van der Waals surface area contributed by atoms with Crippen molar-refractivity contribution in [2.75, 3.05) is 13.1 Å². The van der Waals surface area contributed by atoms with E-state index < -0.39 is 23.9 Å². The molecule has 0 radical (unpaired) electrons. The molecule has 1 spiro atoms. The van der Waals surface area contributed by atoms with Gasteiger partial charge >= 0.3 is 6.09 Å². The third-order valence-corrected chi connectivity index (χ3v) is 4.52. The number of alkyl carbamates (subject to hydrolysis) is 1. The Morgan fingerprint density at radius 1 is 1.35 bits per heavy atom. The van der Waals surface area contributed by atoms with Crippen molar-refractivity contribution in [3.05, 3.63) is 0 Å². The Bertz CT molecular complexity index is 361. The number of alkyl halides is 1. The van der Waals surface area contributed by atoms with Crippen LogP contribution in [0, 0.1) is 11.3 Å². The average Bonchev–Trinajstić information content (AvgIpc) is 2.53. The zero-order chi connectivity index (χ0) is 15.0. The second-order valence-electron chi connectivity index (χ2n) is 7.36. The highest BCUT2D eigenvalue weighted by Gasteiger charge is 2.53. The number of halogens is 1. The summed E-state index contributed by atoms with van der Waals surface area (Å²) in [7, 11) is 0. The fraction of sp³-hybridized carbons (Fsp3) is 0.933. The highest BCUT2D eigenvalue weighted by molar-refractivity contribution is 5.68. The van der Waals surface area contributed by atoms with E-state index >= 15 is 0 Å². The lowest BCUT2D eigenvalue weighted by Gasteiger charge is -2.40. The van der Waals surface area contributed by atoms with Crippen LogP contribution in [-0.2, 0) is 4.74 Å². The van der Waals surface area contributed by atoms with Crippen molar-refractivity contribution in [1.29, 1.82) is 0 Å². The van der Waals surface area contributed by atoms with Crippen LogP contribution in [0.15, 0.2) is 0 Å². The van der Waals surface area contributed by atoms with E-state index in [0.717, 1.165) is 32.4 Å². The molecule has 2 fully saturated rings. The highest BCUT2D eigenvalue weighted by atomic mass is 19.1. The molecule has 0 bridgehead atoms. The summed E-state index contributed by atoms with van der Waals surface area (Å²) in [5.41, 5.74) is -0.664. The third-order valence-electron chi connectivity index (χ3n) is 4.52. The number of hydrogen-bond donors (Lipinski definition) is 2. The normalized spacial score (nSPS) is 33.1. The number of piperidine rings is 1. The predicted octanol–water partition coefficient (Wildman–Crippen LogP) is 2.63. The Balaban J connectivity index is 2.08. The first kappa shape index (κ1) is 15.5. The number of hydrogen-bond acceptors (Lipinski definition) is 3. The summed E-state index contributed by atoms with van der Waals surface area (Å²) < 4.78 is 19.8. The van der Waals surface area contributed by atoms with Gasteiger partial charge in [0, 0.05) is 0 Å². The SMILES string of the molecule is C[C@@H]1CC2(CCNCC2)[C@@H](NC(=O)OC(C)(C)C)C1F. The van der Waals surface area contributed by atoms with Crippen LogP contribution < -0.4 is 10.6 Å². The van der Waals surface area contributed by atoms with Gasteiger partial charge in [-0.05, 0) is 64.5 Å². The van der Waals surface area contributed by atoms with E-state index in [4.69, 9.17) is 4.74 Å². The lowest BCUT2D eigenvalue weighted by Crippen LogP contribution is -2.53. The molecule has 1 aliphatic carbocycles. The van der Waals surface area contributed by atoms with Crippen molar-refractivity contribution in [3.8, 4) is 0 Å². The summed E-state index contributed by atoms with van der Waals surface area (Å²) in [4.78, 5) is 12.0. The van der Waals surface area contributed by atoms with Gasteiger partial charge in [0.2, 0.25) is 0 Å². The molecule has 1 saturated heterocycles. The molecule has 116 valence electrons. The molecule has 2 N–H and O–H groups in total. The van der Waals surface area contributed by atoms with Crippen molar-refractivity contribution in [2.24, 2.45) is 11.3 Å². The van der Waals surface area contributed by atoms with Crippen molar-refractivity contribution in [2.45, 2.75) is 64.8 Å². The van der Waals surface area contributed by atoms with Crippen LogP contribution in [-0.4, -0.2) is 37.0 Å². The van der Waals surface area contributed by atoms with E-state index in [0.29, 0.717) is 0 Å². The first-order valence-corrected chi connectivity index (χ1v) is 7.58. The number of rotatable bonds is 1. The fourth-order valence-electron chi connectivity index (χ4n) is 3.65. The van der Waals surface area contributed by atoms with E-state index in [2.05, 4.69) is 10.6 Å². The first-order valence-electron chi connectivity index (χ1n) is 7.58. The van der Waals surface area contributed by atoms with Crippen LogP contribution in [0.2, 0.25) is 0 Å². The summed E-state index contributed by atoms with van der Waals surface area (Å²) in [5.74, 6) is -0.00645. The van der Waals surface area contributed by atoms with Gasteiger partial charge in [0.05, 0.1) is 6.04 Å². The zero-order valence-electron chi connectivity index (χ0n) is 13.0. The Morgan fingerprint density at radius 3 is 2.50 bits per heavy atom. The minimum atomic E-state index is -0.986. The molecule has 1 amide bonds. The van der Waals surface area contributed by atoms with Crippen LogP contribution in [0.25, 0.3) is 0 Å². The summed E-state index contributed by atoms with van der Waals surface area (Å²) in [6.45, 7) is 9.17. The Morgan fingerprint density at radius 2 is 1.95 bits per heavy atom. The number of ether oxygens (including phenoxy) is 1. The number of carbonyl (C=O) groups excluding carboxylic acids is 1. The Kier molecular flexibility index (Phi) is 4.28. The fourth-order valence-corrected chi connectivity index (χ4v) is 3.65. The van der Waals surface area contributed by atoms with E-state index in [-0.39, 0.29) is 11.3 Å². The summed E-state index contributed by atoms with van der Waals surface area (Å²) in [6, 6.07) is -0.422. The molecular formula is C15H27FN2O2. The molecule has 1 heterocycles. The van der Waals surface area contributed by atoms with Gasteiger partial charge in [-0.15, -0.1) is 0 Å². The molecule has 3 atom stereocenters. The molecule has 20 heavy (non-hydrogen) atoms. The van der Waals surface area contributed by atoms with Gasteiger partial charge in [-0.1, -0.05) is 6.92 Å². The van der Waals surface area contributed by atoms with Crippen LogP contribution in [0.4, 0.5) is 9.18 Å². The minimum absolute atomic E-state index is 0.00645. The third kappa shape index (κ3) is 3.25. The average molecular weight is 286 g/mol. The molecule has 0 aromatic rings. The Hall–Kier alpha value is -0.840. The maximum Gasteiger partial charge on any atom is 0.407 e. The second kappa shape index (κ2) is 5.51. The van der Waals surface area contributed by atoms with Gasteiger partial charge in [-0.3, -0.25) is 0 Å². The topological polar surface area (TPSA) is 50.4 Å². The minimum Gasteiger partial charge on any atom is -0.444 e. The molecule has 2 aliphatic rings. The number of nitrogens with one attached hydrogen (secondary N) is 2. The summed E-state index contributed by atoms with van der Waals surface area (Å²) >= 11 is 0. The van der Waals surface area contributed by atoms with E-state index in [1.54, 1.807) is 0 Å². The molecule has 4 nitrogen and oxygen atoms in total. The summed E-state index contributed by atoms with van der Waals surface area (Å²) in [5, 5.41) is 6.12. The largest absolute Gasteiger partial charge is 0.444 e. The number of carbonyl (C=O) groups is 1. The summed E-state index contributed by atoms with van der Waals surface area (Å²) in [6.07, 6.45) is 1.19. The van der Waals surface area contributed by atoms with E-state index in [1.165, 1.54) is 0 Å². The van der Waals surface area contributed by atoms with Crippen LogP contribution >= 0.6 is 0 Å². The second-order valence-corrected chi connectivity index (χ2v) is 7.36. The standard InChI is InChI=1S/C15H27FN2O2/c1-10-9-15(5-7-17-8-6-15)12(11(10)16)18-13(19)20-14(2,3)4/h10-12,17H,5-9H2,1-4H3,(H,18,19)/t10-,11?,12+/m1/s1. The van der Waals surface area contributed by atoms with Crippen molar-refractivity contribution >= 4 is 6.09 Å². The Labute approximate surface area is 120 Å². The van der Waals surface area contributed by atoms with Crippen molar-refractivity contribution in [1.82, 2.24) is 10.6 Å². The monoisotopic (exact) mass is 286 g/mol. The van der Waals surface area contributed by atoms with E-state index in [1.807, 2.05) is 27.7 Å². The molecule has 1 unspecified atom stereocenters. The molecule has 0 aromatic carbocycles. The number of amides is 1. The van der Waals surface area contributed by atoms with Crippen LogP contribution in [0.5, 0.6) is 0 Å². The lowest BCUT2D eigenvalue weighted by molar-refractivity contribution is 0.0387. The van der Waals surface area contributed by atoms with Crippen molar-refractivity contribution < 1.29 is 13.9 Å². The van der Waals surface area contributed by atoms with E-state index in [9.17, 15) is 9.18 Å². The molecule has 1 aliphatic heterocycles. The first-order chi connectivity index (χ1) is 9.23. The lowest BCUT2D eigenvalue weighted by atomic mass is 9.74. The molecule has 0 aromatic heterocycles. The maximum atomic E-state index is 14.5. The van der Waals surface area contributed by atoms with Gasteiger partial charge in [-0.25, -0.2) is 9.18 Å². The van der Waals surface area contributed by atoms with Gasteiger partial charge < -0.3 is 15.4 Å². The van der Waals surface area contributed by atoms with Gasteiger partial charge in [0.25, 0.3) is 0 Å². The highest BCUT2D eigenvalue weighted by Crippen LogP contribution is 2.49. The smallest absolute Gasteiger partial charge is 0.407 e. The quantitative estimate of drug-likeness (QED) is 0.779. The molecule has 2 rings (SSSR count).